The molecule has 0 heterocycles. The highest BCUT2D eigenvalue weighted by Gasteiger charge is 2.50. The van der Waals surface area contributed by atoms with Gasteiger partial charge in [-0.25, -0.2) is 0 Å². The van der Waals surface area contributed by atoms with Crippen LogP contribution in [0.1, 0.15) is 85.5 Å². The molecular formula is C26H40O3. The molecule has 3 aliphatic rings. The predicted molar refractivity (Wildman–Crippen MR) is 118 cm³/mol. The van der Waals surface area contributed by atoms with Gasteiger partial charge in [-0.3, -0.25) is 0 Å². The molecule has 0 radical (unpaired) electrons. The Hall–Kier alpha value is -1.08. The number of hydrogen-bond acceptors (Lipinski definition) is 3. The quantitative estimate of drug-likeness (QED) is 0.599. The number of aliphatic hydroxyl groups excluding tert-OH is 2. The van der Waals surface area contributed by atoms with Crippen LogP contribution < -0.4 is 0 Å². The molecule has 0 spiro atoms. The van der Waals surface area contributed by atoms with Crippen LogP contribution in [0.5, 0.6) is 0 Å². The standard InChI is InChI=1S/C26H40O3/c1-18(7-5-13-25(2,3)29)23-11-12-24-20(8-6-14-26(23,24)4)10-9-19-15-21(27)17-22(28)16-19/h9-10,18,21-24,27-29H,6-8,11-12,14-17H2,1-4H3/t18?,21-,22?,23-,24+,26-/m1/s1. The topological polar surface area (TPSA) is 60.7 Å². The Morgan fingerprint density at radius 1 is 1.17 bits per heavy atom. The molecule has 0 aliphatic heterocycles. The van der Waals surface area contributed by atoms with Crippen LogP contribution in [-0.4, -0.2) is 33.1 Å². The molecule has 3 aliphatic carbocycles. The lowest BCUT2D eigenvalue weighted by Gasteiger charge is -2.44. The van der Waals surface area contributed by atoms with Crippen LogP contribution >= 0.6 is 0 Å². The lowest BCUT2D eigenvalue weighted by molar-refractivity contribution is 0.0609. The zero-order chi connectivity index (χ0) is 21.2. The Morgan fingerprint density at radius 3 is 2.52 bits per heavy atom. The van der Waals surface area contributed by atoms with Crippen LogP contribution in [0.15, 0.2) is 23.3 Å². The van der Waals surface area contributed by atoms with Crippen LogP contribution in [0.2, 0.25) is 0 Å². The van der Waals surface area contributed by atoms with Crippen LogP contribution in [0.4, 0.5) is 0 Å². The third-order valence-corrected chi connectivity index (χ3v) is 7.62. The molecule has 3 N–H and O–H groups in total. The van der Waals surface area contributed by atoms with E-state index in [4.69, 9.17) is 0 Å². The van der Waals surface area contributed by atoms with Crippen molar-refractivity contribution in [1.82, 2.24) is 0 Å². The van der Waals surface area contributed by atoms with Crippen LogP contribution in [0.3, 0.4) is 0 Å². The Bertz CT molecular complexity index is 690. The zero-order valence-electron chi connectivity index (χ0n) is 18.7. The van der Waals surface area contributed by atoms with Gasteiger partial charge in [-0.2, -0.15) is 0 Å². The van der Waals surface area contributed by atoms with E-state index in [2.05, 4.69) is 37.8 Å². The first-order valence-corrected chi connectivity index (χ1v) is 11.6. The summed E-state index contributed by atoms with van der Waals surface area (Å²) >= 11 is 0. The van der Waals surface area contributed by atoms with Gasteiger partial charge in [0.1, 0.15) is 5.60 Å². The van der Waals surface area contributed by atoms with E-state index < -0.39 is 17.8 Å². The van der Waals surface area contributed by atoms with Crippen molar-refractivity contribution >= 4 is 0 Å². The minimum atomic E-state index is -0.906. The minimum absolute atomic E-state index is 0.337. The summed E-state index contributed by atoms with van der Waals surface area (Å²) in [6.45, 7) is 8.31. The fraction of sp³-hybridized carbons (Fsp3) is 0.769. The van der Waals surface area contributed by atoms with Crippen molar-refractivity contribution in [2.45, 2.75) is 103 Å². The van der Waals surface area contributed by atoms with E-state index in [0.717, 1.165) is 6.42 Å². The molecule has 0 amide bonds. The summed E-state index contributed by atoms with van der Waals surface area (Å²) in [7, 11) is 0. The fourth-order valence-electron chi connectivity index (χ4n) is 6.32. The van der Waals surface area contributed by atoms with Crippen molar-refractivity contribution in [3.05, 3.63) is 23.3 Å². The molecule has 0 bridgehead atoms. The van der Waals surface area contributed by atoms with E-state index in [9.17, 15) is 15.3 Å². The molecule has 3 heteroatoms. The van der Waals surface area contributed by atoms with Gasteiger partial charge in [0, 0.05) is 6.42 Å². The highest BCUT2D eigenvalue weighted by molar-refractivity contribution is 5.26. The van der Waals surface area contributed by atoms with E-state index >= 15 is 0 Å². The Labute approximate surface area is 177 Å². The molecule has 6 atom stereocenters. The van der Waals surface area contributed by atoms with Gasteiger partial charge in [-0.05, 0) is 88.4 Å². The molecule has 2 unspecified atom stereocenters. The average Bonchev–Trinajstić information content (AvgIpc) is 2.95. The van der Waals surface area contributed by atoms with E-state index in [1.54, 1.807) is 19.4 Å². The van der Waals surface area contributed by atoms with Gasteiger partial charge in [0.05, 0.1) is 12.2 Å². The van der Waals surface area contributed by atoms with Crippen molar-refractivity contribution in [2.75, 3.05) is 0 Å². The van der Waals surface area contributed by atoms with Gasteiger partial charge >= 0.3 is 0 Å². The fourth-order valence-corrected chi connectivity index (χ4v) is 6.32. The summed E-state index contributed by atoms with van der Waals surface area (Å²) in [5.74, 6) is 8.07. The molecule has 3 rings (SSSR count). The van der Waals surface area contributed by atoms with Gasteiger partial charge in [-0.1, -0.05) is 43.1 Å². The first-order valence-electron chi connectivity index (χ1n) is 11.6. The van der Waals surface area contributed by atoms with Crippen molar-refractivity contribution in [3.8, 4) is 11.8 Å². The van der Waals surface area contributed by atoms with Gasteiger partial charge in [0.25, 0.3) is 0 Å². The van der Waals surface area contributed by atoms with Gasteiger partial charge < -0.3 is 15.3 Å². The molecule has 0 aromatic heterocycles. The second-order valence-corrected chi connectivity index (χ2v) is 10.7. The van der Waals surface area contributed by atoms with Crippen molar-refractivity contribution in [3.63, 3.8) is 0 Å². The maximum atomic E-state index is 9.95. The number of fused-ring (bicyclic) bond motifs is 1. The molecule has 162 valence electrons. The van der Waals surface area contributed by atoms with E-state index in [0.29, 0.717) is 42.4 Å². The Morgan fingerprint density at radius 2 is 1.86 bits per heavy atom. The first-order chi connectivity index (χ1) is 13.6. The largest absolute Gasteiger partial charge is 0.393 e. The molecule has 0 saturated heterocycles. The molecule has 0 aromatic rings. The highest BCUT2D eigenvalue weighted by atomic mass is 16.3. The predicted octanol–water partition coefficient (Wildman–Crippen LogP) is 4.76. The molecule has 3 nitrogen and oxygen atoms in total. The summed E-state index contributed by atoms with van der Waals surface area (Å²) in [4.78, 5) is 0. The maximum Gasteiger partial charge on any atom is 0.119 e. The highest BCUT2D eigenvalue weighted by Crippen LogP contribution is 2.59. The summed E-state index contributed by atoms with van der Waals surface area (Å²) in [5, 5.41) is 29.7. The monoisotopic (exact) mass is 400 g/mol. The number of hydrogen-bond donors (Lipinski definition) is 3. The number of aliphatic hydroxyl groups is 3. The second kappa shape index (κ2) is 8.96. The van der Waals surface area contributed by atoms with Crippen molar-refractivity contribution in [1.29, 1.82) is 0 Å². The zero-order valence-corrected chi connectivity index (χ0v) is 18.7. The number of rotatable bonds is 3. The first kappa shape index (κ1) is 22.6. The van der Waals surface area contributed by atoms with E-state index in [1.165, 1.54) is 37.7 Å². The third kappa shape index (κ3) is 5.54. The third-order valence-electron chi connectivity index (χ3n) is 7.62. The van der Waals surface area contributed by atoms with Crippen LogP contribution in [0.25, 0.3) is 0 Å². The van der Waals surface area contributed by atoms with E-state index in [-0.39, 0.29) is 0 Å². The van der Waals surface area contributed by atoms with Crippen LogP contribution in [0, 0.1) is 35.0 Å². The van der Waals surface area contributed by atoms with Gasteiger partial charge in [0.15, 0.2) is 0 Å². The Balaban J connectivity index is 1.71. The SMILES string of the molecule is CC(CC#CC(C)(C)O)[C@H]1CC[C@H]2C(=CC=C3CC(O)C[C@H](O)C3)CCC[C@]12C. The lowest BCUT2D eigenvalue weighted by atomic mass is 9.61. The lowest BCUT2D eigenvalue weighted by Crippen LogP contribution is -2.36. The van der Waals surface area contributed by atoms with Crippen molar-refractivity contribution in [2.24, 2.45) is 23.2 Å². The van der Waals surface area contributed by atoms with Crippen LogP contribution in [-0.2, 0) is 0 Å². The maximum absolute atomic E-state index is 9.95. The van der Waals surface area contributed by atoms with Gasteiger partial charge in [-0.15, -0.1) is 5.92 Å². The summed E-state index contributed by atoms with van der Waals surface area (Å²) < 4.78 is 0. The molecule has 3 saturated carbocycles. The molecule has 3 fully saturated rings. The van der Waals surface area contributed by atoms with Crippen molar-refractivity contribution < 1.29 is 15.3 Å². The Kier molecular flexibility index (Phi) is 6.99. The summed E-state index contributed by atoms with van der Waals surface area (Å²) in [6, 6.07) is 0. The summed E-state index contributed by atoms with van der Waals surface area (Å²) in [5.41, 5.74) is 2.18. The smallest absolute Gasteiger partial charge is 0.119 e. The van der Waals surface area contributed by atoms with Gasteiger partial charge in [0.2, 0.25) is 0 Å². The average molecular weight is 401 g/mol. The summed E-state index contributed by atoms with van der Waals surface area (Å²) in [6.07, 6.45) is 12.7. The normalized spacial score (nSPS) is 39.1. The second-order valence-electron chi connectivity index (χ2n) is 10.7. The molecule has 29 heavy (non-hydrogen) atoms. The minimum Gasteiger partial charge on any atom is -0.393 e. The number of allylic oxidation sites excluding steroid dienone is 3. The molecule has 0 aromatic carbocycles. The van der Waals surface area contributed by atoms with E-state index in [1.807, 2.05) is 0 Å². The molecular weight excluding hydrogens is 360 g/mol.